The molecule has 0 aromatic heterocycles. The van der Waals surface area contributed by atoms with Crippen LogP contribution in [0.25, 0.3) is 0 Å². The van der Waals surface area contributed by atoms with E-state index in [-0.39, 0.29) is 11.6 Å². The molecular formula is C14H17INO2+. The summed E-state index contributed by atoms with van der Waals surface area (Å²) in [6.07, 6.45) is 8.87. The number of carbonyl (C=O) groups is 1. The van der Waals surface area contributed by atoms with Gasteiger partial charge in [-0.2, -0.15) is 0 Å². The van der Waals surface area contributed by atoms with E-state index in [1.807, 2.05) is 0 Å². The molecule has 18 heavy (non-hydrogen) atoms. The third-order valence-corrected chi connectivity index (χ3v) is 6.43. The van der Waals surface area contributed by atoms with E-state index in [9.17, 15) is 4.79 Å². The summed E-state index contributed by atoms with van der Waals surface area (Å²) >= 11 is 2.38. The van der Waals surface area contributed by atoms with Crippen LogP contribution in [-0.4, -0.2) is 41.7 Å². The molecule has 2 fully saturated rings. The fourth-order valence-electron chi connectivity index (χ4n) is 4.66. The average molecular weight is 358 g/mol. The minimum Gasteiger partial charge on any atom is -0.444 e. The number of rotatable bonds is 0. The van der Waals surface area contributed by atoms with E-state index < -0.39 is 0 Å². The Morgan fingerprint density at radius 3 is 3.17 bits per heavy atom. The van der Waals surface area contributed by atoms with E-state index in [4.69, 9.17) is 4.74 Å². The van der Waals surface area contributed by atoms with Crippen molar-refractivity contribution in [3.8, 4) is 0 Å². The number of carbonyl (C=O) groups excluding carboxylic acids is 1. The molecule has 0 saturated carbocycles. The standard InChI is InChI=1S/C14H17INO2/c1-16-5-3-2-4-12(16)14-8-9(16)6-11(15)10(14)7-13(17)18-14/h6-7,9,12H,2-5,8H2,1H3/q+1/t9-,12-,14+,16?/m1/s1. The number of halogens is 1. The van der Waals surface area contributed by atoms with Crippen LogP contribution < -0.4 is 0 Å². The number of hydrogen-bond acceptors (Lipinski definition) is 2. The maximum atomic E-state index is 11.8. The lowest BCUT2D eigenvalue weighted by Gasteiger charge is -2.44. The summed E-state index contributed by atoms with van der Waals surface area (Å²) in [5.74, 6) is -0.132. The van der Waals surface area contributed by atoms with E-state index in [0.29, 0.717) is 12.1 Å². The van der Waals surface area contributed by atoms with Gasteiger partial charge in [0.2, 0.25) is 0 Å². The average Bonchev–Trinajstić information content (AvgIpc) is 2.76. The van der Waals surface area contributed by atoms with Gasteiger partial charge in [0.05, 0.1) is 20.0 Å². The molecular weight excluding hydrogens is 341 g/mol. The molecule has 96 valence electrons. The topological polar surface area (TPSA) is 26.3 Å². The summed E-state index contributed by atoms with van der Waals surface area (Å²) in [5, 5.41) is 0. The van der Waals surface area contributed by atoms with Gasteiger partial charge in [-0.15, -0.1) is 0 Å². The first-order valence-corrected chi connectivity index (χ1v) is 7.82. The van der Waals surface area contributed by atoms with Gasteiger partial charge in [0.1, 0.15) is 12.1 Å². The first kappa shape index (κ1) is 11.5. The second-order valence-electron chi connectivity index (χ2n) is 6.24. The number of quaternary nitrogens is 1. The molecule has 0 N–H and O–H groups in total. The molecule has 0 aromatic carbocycles. The first-order chi connectivity index (χ1) is 8.56. The minimum absolute atomic E-state index is 0.132. The molecule has 1 spiro atoms. The normalized spacial score (nSPS) is 49.1. The highest BCUT2D eigenvalue weighted by Crippen LogP contribution is 2.57. The Kier molecular flexibility index (Phi) is 2.16. The van der Waals surface area contributed by atoms with Crippen molar-refractivity contribution in [2.75, 3.05) is 13.6 Å². The zero-order valence-electron chi connectivity index (χ0n) is 10.5. The molecule has 2 bridgehead atoms. The molecule has 0 aromatic rings. The zero-order valence-corrected chi connectivity index (χ0v) is 12.6. The number of fused-ring (bicyclic) bond motifs is 3. The van der Waals surface area contributed by atoms with Crippen LogP contribution in [0.3, 0.4) is 0 Å². The maximum Gasteiger partial charge on any atom is 0.332 e. The fourth-order valence-corrected chi connectivity index (χ4v) is 5.69. The lowest BCUT2D eigenvalue weighted by atomic mass is 9.80. The molecule has 0 radical (unpaired) electrons. The predicted octanol–water partition coefficient (Wildman–Crippen LogP) is 2.31. The highest BCUT2D eigenvalue weighted by molar-refractivity contribution is 14.1. The van der Waals surface area contributed by atoms with Crippen molar-refractivity contribution in [2.45, 2.75) is 43.4 Å². The second-order valence-corrected chi connectivity index (χ2v) is 7.40. The number of hydrogen-bond donors (Lipinski definition) is 0. The highest BCUT2D eigenvalue weighted by atomic mass is 127. The van der Waals surface area contributed by atoms with E-state index >= 15 is 0 Å². The van der Waals surface area contributed by atoms with Crippen molar-refractivity contribution >= 4 is 28.6 Å². The summed E-state index contributed by atoms with van der Waals surface area (Å²) in [4.78, 5) is 11.8. The van der Waals surface area contributed by atoms with Gasteiger partial charge in [0, 0.05) is 21.6 Å². The van der Waals surface area contributed by atoms with Crippen LogP contribution in [0.2, 0.25) is 0 Å². The van der Waals surface area contributed by atoms with Crippen LogP contribution in [0.4, 0.5) is 0 Å². The zero-order chi connectivity index (χ0) is 12.5. The summed E-state index contributed by atoms with van der Waals surface area (Å²) in [6, 6.07) is 1.00. The van der Waals surface area contributed by atoms with E-state index in [2.05, 4.69) is 35.7 Å². The van der Waals surface area contributed by atoms with Crippen molar-refractivity contribution in [1.29, 1.82) is 0 Å². The Morgan fingerprint density at radius 1 is 1.50 bits per heavy atom. The number of likely N-dealkylation sites (N-methyl/N-ethyl adjacent to an activating group) is 1. The number of ether oxygens (including phenoxy) is 1. The van der Waals surface area contributed by atoms with Crippen molar-refractivity contribution in [3.05, 3.63) is 21.3 Å². The van der Waals surface area contributed by atoms with E-state index in [1.165, 1.54) is 29.4 Å². The Morgan fingerprint density at radius 2 is 2.33 bits per heavy atom. The SMILES string of the molecule is C[N+]12CCCC[C@@H]1[C@]13C[C@H]2C=C(I)C1=CC(=O)O3. The monoisotopic (exact) mass is 358 g/mol. The Balaban J connectivity index is 1.92. The van der Waals surface area contributed by atoms with Gasteiger partial charge in [-0.3, -0.25) is 0 Å². The van der Waals surface area contributed by atoms with Gasteiger partial charge in [-0.25, -0.2) is 4.79 Å². The Bertz CT molecular complexity index is 512. The fraction of sp³-hybridized carbons (Fsp3) is 0.643. The van der Waals surface area contributed by atoms with Crippen LogP contribution in [0.1, 0.15) is 25.7 Å². The van der Waals surface area contributed by atoms with Crippen LogP contribution in [-0.2, 0) is 9.53 Å². The Hall–Kier alpha value is -0.360. The lowest BCUT2D eigenvalue weighted by molar-refractivity contribution is -0.944. The van der Waals surface area contributed by atoms with Gasteiger partial charge in [-0.1, -0.05) is 0 Å². The summed E-state index contributed by atoms with van der Waals surface area (Å²) < 4.78 is 8.18. The molecule has 1 unspecified atom stereocenters. The third kappa shape index (κ3) is 1.17. The maximum absolute atomic E-state index is 11.8. The predicted molar refractivity (Wildman–Crippen MR) is 76.1 cm³/mol. The number of esters is 1. The van der Waals surface area contributed by atoms with Gasteiger partial charge < -0.3 is 9.22 Å². The molecule has 4 atom stereocenters. The van der Waals surface area contributed by atoms with Gasteiger partial charge in [0.25, 0.3) is 0 Å². The quantitative estimate of drug-likeness (QED) is 0.377. The molecule has 4 rings (SSSR count). The van der Waals surface area contributed by atoms with Crippen LogP contribution in [0.5, 0.6) is 0 Å². The lowest BCUT2D eigenvalue weighted by Crippen LogP contribution is -2.59. The van der Waals surface area contributed by atoms with Crippen molar-refractivity contribution in [1.82, 2.24) is 0 Å². The molecule has 0 amide bonds. The first-order valence-electron chi connectivity index (χ1n) is 6.74. The summed E-state index contributed by atoms with van der Waals surface area (Å²) in [7, 11) is 2.36. The molecule has 4 aliphatic rings. The van der Waals surface area contributed by atoms with Crippen molar-refractivity contribution < 1.29 is 14.0 Å². The van der Waals surface area contributed by atoms with Crippen LogP contribution in [0, 0.1) is 0 Å². The molecule has 2 saturated heterocycles. The van der Waals surface area contributed by atoms with Gasteiger partial charge in [0.15, 0.2) is 5.60 Å². The van der Waals surface area contributed by atoms with Gasteiger partial charge in [-0.05, 0) is 41.5 Å². The minimum atomic E-state index is -0.289. The second kappa shape index (κ2) is 3.39. The number of nitrogens with zero attached hydrogens (tertiary/aromatic N) is 1. The van der Waals surface area contributed by atoms with E-state index in [1.54, 1.807) is 6.08 Å². The summed E-state index contributed by atoms with van der Waals surface area (Å²) in [5.41, 5.74) is 0.875. The van der Waals surface area contributed by atoms with Crippen molar-refractivity contribution in [3.63, 3.8) is 0 Å². The largest absolute Gasteiger partial charge is 0.444 e. The molecule has 3 aliphatic heterocycles. The number of piperidine rings is 1. The van der Waals surface area contributed by atoms with Gasteiger partial charge >= 0.3 is 5.97 Å². The molecule has 1 aliphatic carbocycles. The molecule has 3 nitrogen and oxygen atoms in total. The molecule has 3 heterocycles. The Labute approximate surface area is 121 Å². The summed E-state index contributed by atoms with van der Waals surface area (Å²) in [6.45, 7) is 1.22. The third-order valence-electron chi connectivity index (χ3n) is 5.48. The van der Waals surface area contributed by atoms with Crippen LogP contribution >= 0.6 is 22.6 Å². The van der Waals surface area contributed by atoms with E-state index in [0.717, 1.165) is 16.5 Å². The van der Waals surface area contributed by atoms with Crippen LogP contribution in [0.15, 0.2) is 21.3 Å². The molecule has 4 heteroatoms. The smallest absolute Gasteiger partial charge is 0.332 e. The highest BCUT2D eigenvalue weighted by Gasteiger charge is 2.68. The van der Waals surface area contributed by atoms with Crippen molar-refractivity contribution in [2.24, 2.45) is 0 Å².